The number of carbonyl (C=O) groups excluding carboxylic acids is 1. The number of carbonyl (C=O) groups is 1. The maximum Gasteiger partial charge on any atom is 0.264 e. The van der Waals surface area contributed by atoms with Crippen LogP contribution >= 0.6 is 11.3 Å². The summed E-state index contributed by atoms with van der Waals surface area (Å²) in [6.45, 7) is 1.80. The van der Waals surface area contributed by atoms with Gasteiger partial charge in [0, 0.05) is 19.6 Å². The van der Waals surface area contributed by atoms with E-state index in [1.165, 1.54) is 16.2 Å². The molecule has 0 aliphatic carbocycles. The highest BCUT2D eigenvalue weighted by Gasteiger charge is 2.42. The Kier molecular flexibility index (Phi) is 4.93. The molecule has 2 atom stereocenters. The Bertz CT molecular complexity index is 657. The van der Waals surface area contributed by atoms with E-state index in [1.54, 1.807) is 0 Å². The number of aliphatic hydroxyl groups is 2. The topological polar surface area (TPSA) is 107 Å². The van der Waals surface area contributed by atoms with Crippen LogP contribution < -0.4 is 4.72 Å². The van der Waals surface area contributed by atoms with E-state index in [0.717, 1.165) is 11.8 Å². The molecule has 1 fully saturated rings. The highest BCUT2D eigenvalue weighted by molar-refractivity contribution is 7.88. The van der Waals surface area contributed by atoms with Crippen LogP contribution in [0, 0.1) is 6.92 Å². The molecule has 0 unspecified atom stereocenters. The van der Waals surface area contributed by atoms with E-state index in [-0.39, 0.29) is 32.0 Å². The Morgan fingerprint density at radius 3 is 2.77 bits per heavy atom. The number of likely N-dealkylation sites (tertiary alicyclic amines) is 1. The van der Waals surface area contributed by atoms with Crippen molar-refractivity contribution in [1.82, 2.24) is 9.62 Å². The third kappa shape index (κ3) is 3.85. The molecule has 1 saturated heterocycles. The molecule has 0 radical (unpaired) electrons. The lowest BCUT2D eigenvalue weighted by atomic mass is 9.88. The van der Waals surface area contributed by atoms with Gasteiger partial charge in [-0.05, 0) is 30.4 Å². The molecule has 2 rings (SSSR count). The molecule has 0 saturated carbocycles. The SMILES string of the molecule is Cc1ccsc1C(=O)N1CC[C@@](O)(CNS(C)(=O)=O)[C@H](O)C1. The Balaban J connectivity index is 2.03. The molecule has 0 spiro atoms. The summed E-state index contributed by atoms with van der Waals surface area (Å²) < 4.78 is 24.4. The summed E-state index contributed by atoms with van der Waals surface area (Å²) in [7, 11) is -3.46. The summed E-state index contributed by atoms with van der Waals surface area (Å²) in [5, 5.41) is 22.3. The van der Waals surface area contributed by atoms with E-state index in [9.17, 15) is 23.4 Å². The number of sulfonamides is 1. The van der Waals surface area contributed by atoms with Crippen LogP contribution in [-0.4, -0.2) is 67.0 Å². The highest BCUT2D eigenvalue weighted by Crippen LogP contribution is 2.25. The van der Waals surface area contributed by atoms with Gasteiger partial charge in [-0.2, -0.15) is 0 Å². The first-order chi connectivity index (χ1) is 10.1. The van der Waals surface area contributed by atoms with Crippen molar-refractivity contribution in [3.05, 3.63) is 21.9 Å². The van der Waals surface area contributed by atoms with Gasteiger partial charge in [-0.1, -0.05) is 0 Å². The van der Waals surface area contributed by atoms with Crippen LogP contribution in [-0.2, 0) is 10.0 Å². The van der Waals surface area contributed by atoms with Crippen LogP contribution in [0.1, 0.15) is 21.7 Å². The van der Waals surface area contributed by atoms with Crippen molar-refractivity contribution in [3.63, 3.8) is 0 Å². The summed E-state index contributed by atoms with van der Waals surface area (Å²) in [4.78, 5) is 14.5. The first kappa shape index (κ1) is 17.4. The number of piperidine rings is 1. The molecule has 1 aliphatic heterocycles. The second-order valence-corrected chi connectivity index (χ2v) is 8.40. The van der Waals surface area contributed by atoms with E-state index in [0.29, 0.717) is 4.88 Å². The average molecular weight is 348 g/mol. The molecule has 1 aromatic rings. The predicted molar refractivity (Wildman–Crippen MR) is 83.4 cm³/mol. The van der Waals surface area contributed by atoms with Crippen molar-refractivity contribution < 1.29 is 23.4 Å². The Labute approximate surface area is 133 Å². The minimum Gasteiger partial charge on any atom is -0.388 e. The van der Waals surface area contributed by atoms with Gasteiger partial charge >= 0.3 is 0 Å². The van der Waals surface area contributed by atoms with Gasteiger partial charge in [-0.3, -0.25) is 4.79 Å². The van der Waals surface area contributed by atoms with E-state index in [4.69, 9.17) is 0 Å². The third-order valence-electron chi connectivity index (χ3n) is 3.81. The summed E-state index contributed by atoms with van der Waals surface area (Å²) in [6.07, 6.45) is -0.118. The van der Waals surface area contributed by atoms with Gasteiger partial charge in [0.05, 0.1) is 11.1 Å². The first-order valence-corrected chi connectivity index (χ1v) is 9.58. The highest BCUT2D eigenvalue weighted by atomic mass is 32.2. The van der Waals surface area contributed by atoms with Gasteiger partial charge in [-0.25, -0.2) is 13.1 Å². The molecule has 7 nitrogen and oxygen atoms in total. The van der Waals surface area contributed by atoms with Crippen molar-refractivity contribution in [2.45, 2.75) is 25.0 Å². The quantitative estimate of drug-likeness (QED) is 0.683. The summed E-state index contributed by atoms with van der Waals surface area (Å²) in [5.74, 6) is -0.176. The van der Waals surface area contributed by atoms with Gasteiger partial charge in [0.15, 0.2) is 0 Å². The van der Waals surface area contributed by atoms with Crippen molar-refractivity contribution in [1.29, 1.82) is 0 Å². The maximum atomic E-state index is 12.4. The van der Waals surface area contributed by atoms with Crippen molar-refractivity contribution in [2.75, 3.05) is 25.9 Å². The number of thiophene rings is 1. The van der Waals surface area contributed by atoms with Crippen LogP contribution in [0.3, 0.4) is 0 Å². The zero-order valence-electron chi connectivity index (χ0n) is 12.4. The van der Waals surface area contributed by atoms with Crippen molar-refractivity contribution in [3.8, 4) is 0 Å². The maximum absolute atomic E-state index is 12.4. The van der Waals surface area contributed by atoms with Crippen molar-refractivity contribution in [2.24, 2.45) is 0 Å². The number of rotatable bonds is 4. The fourth-order valence-corrected chi connectivity index (χ4v) is 3.75. The number of aryl methyl sites for hydroxylation is 1. The minimum atomic E-state index is -3.46. The van der Waals surface area contributed by atoms with Gasteiger partial charge in [-0.15, -0.1) is 11.3 Å². The number of nitrogens with one attached hydrogen (secondary N) is 1. The lowest BCUT2D eigenvalue weighted by molar-refractivity contribution is -0.107. The van der Waals surface area contributed by atoms with Gasteiger partial charge in [0.2, 0.25) is 10.0 Å². The van der Waals surface area contributed by atoms with Crippen LogP contribution in [0.25, 0.3) is 0 Å². The standard InChI is InChI=1S/C13H20N2O5S2/c1-9-3-6-21-11(9)12(17)15-5-4-13(18,10(16)7-15)8-14-22(2,19)20/h3,6,10,14,16,18H,4-5,7-8H2,1-2H3/t10-,13-/m1/s1. The van der Waals surface area contributed by atoms with Gasteiger partial charge < -0.3 is 15.1 Å². The number of aliphatic hydroxyl groups excluding tert-OH is 1. The molecule has 0 aromatic carbocycles. The lowest BCUT2D eigenvalue weighted by Gasteiger charge is -2.42. The zero-order valence-corrected chi connectivity index (χ0v) is 14.1. The molecule has 9 heteroatoms. The fraction of sp³-hybridized carbons (Fsp3) is 0.615. The first-order valence-electron chi connectivity index (χ1n) is 6.81. The summed E-state index contributed by atoms with van der Waals surface area (Å²) in [5.41, 5.74) is -0.686. The smallest absolute Gasteiger partial charge is 0.264 e. The van der Waals surface area contributed by atoms with E-state index in [2.05, 4.69) is 4.72 Å². The van der Waals surface area contributed by atoms with E-state index in [1.807, 2.05) is 18.4 Å². The number of amides is 1. The number of hydrogen-bond acceptors (Lipinski definition) is 6. The molecule has 1 aliphatic rings. The second kappa shape index (κ2) is 6.25. The van der Waals surface area contributed by atoms with Crippen LogP contribution in [0.2, 0.25) is 0 Å². The van der Waals surface area contributed by atoms with E-state index >= 15 is 0 Å². The summed E-state index contributed by atoms with van der Waals surface area (Å²) >= 11 is 1.34. The van der Waals surface area contributed by atoms with Gasteiger partial charge in [0.1, 0.15) is 11.7 Å². The van der Waals surface area contributed by atoms with Crippen LogP contribution in [0.5, 0.6) is 0 Å². The zero-order chi connectivity index (χ0) is 16.5. The Morgan fingerprint density at radius 1 is 1.59 bits per heavy atom. The third-order valence-corrected chi connectivity index (χ3v) is 5.49. The Morgan fingerprint density at radius 2 is 2.27 bits per heavy atom. The molecule has 3 N–H and O–H groups in total. The van der Waals surface area contributed by atoms with Crippen LogP contribution in [0.15, 0.2) is 11.4 Å². The Hall–Kier alpha value is -1.00. The number of nitrogens with zero attached hydrogens (tertiary/aromatic N) is 1. The largest absolute Gasteiger partial charge is 0.388 e. The minimum absolute atomic E-state index is 0.0296. The van der Waals surface area contributed by atoms with Crippen LogP contribution in [0.4, 0.5) is 0 Å². The molecule has 1 amide bonds. The molecule has 124 valence electrons. The fourth-order valence-electron chi connectivity index (χ4n) is 2.35. The molecule has 0 bridgehead atoms. The molecular formula is C13H20N2O5S2. The average Bonchev–Trinajstić information content (AvgIpc) is 2.85. The van der Waals surface area contributed by atoms with E-state index < -0.39 is 21.7 Å². The molecule has 22 heavy (non-hydrogen) atoms. The lowest BCUT2D eigenvalue weighted by Crippen LogP contribution is -2.61. The van der Waals surface area contributed by atoms with Crippen molar-refractivity contribution >= 4 is 27.3 Å². The molecular weight excluding hydrogens is 328 g/mol. The predicted octanol–water partition coefficient (Wildman–Crippen LogP) is -0.456. The van der Waals surface area contributed by atoms with Gasteiger partial charge in [0.25, 0.3) is 5.91 Å². The molecule has 2 heterocycles. The second-order valence-electron chi connectivity index (χ2n) is 5.65. The normalized spacial score (nSPS) is 26.2. The number of β-amino-alcohol motifs (C(OH)–C–C–N with tert-alkyl or cyclic N) is 1. The molecule has 1 aromatic heterocycles. The summed E-state index contributed by atoms with van der Waals surface area (Å²) in [6, 6.07) is 1.85. The number of hydrogen-bond donors (Lipinski definition) is 3. The monoisotopic (exact) mass is 348 g/mol.